The van der Waals surface area contributed by atoms with Crippen molar-refractivity contribution in [3.8, 4) is 22.9 Å². The van der Waals surface area contributed by atoms with Gasteiger partial charge in [0.2, 0.25) is 0 Å². The lowest BCUT2D eigenvalue weighted by molar-refractivity contribution is -0.139. The highest BCUT2D eigenvalue weighted by atomic mass is 16.5. The number of aliphatic carboxylic acids is 1. The Morgan fingerprint density at radius 3 is 2.74 bits per heavy atom. The van der Waals surface area contributed by atoms with Crippen molar-refractivity contribution in [2.45, 2.75) is 6.92 Å². The van der Waals surface area contributed by atoms with Gasteiger partial charge < -0.3 is 19.6 Å². The van der Waals surface area contributed by atoms with Gasteiger partial charge in [-0.1, -0.05) is 18.2 Å². The van der Waals surface area contributed by atoms with E-state index in [1.165, 1.54) is 0 Å². The molecule has 2 N–H and O–H groups in total. The van der Waals surface area contributed by atoms with Crippen LogP contribution in [0.5, 0.6) is 11.5 Å². The van der Waals surface area contributed by atoms with Crippen LogP contribution >= 0.6 is 0 Å². The number of hydrogen-bond acceptors (Lipinski definition) is 4. The Balaban J connectivity index is 2.09. The second-order valence-corrected chi connectivity index (χ2v) is 4.85. The molecule has 6 nitrogen and oxygen atoms in total. The number of nitrogens with zero attached hydrogens (tertiary/aromatic N) is 1. The first kappa shape index (κ1) is 14.9. The quantitative estimate of drug-likeness (QED) is 0.730. The van der Waals surface area contributed by atoms with Gasteiger partial charge in [-0.15, -0.1) is 0 Å². The normalized spacial score (nSPS) is 10.7. The van der Waals surface area contributed by atoms with Crippen LogP contribution in [0, 0.1) is 0 Å². The van der Waals surface area contributed by atoms with E-state index in [2.05, 4.69) is 9.97 Å². The number of ether oxygens (including phenoxy) is 2. The third-order valence-electron chi connectivity index (χ3n) is 3.26. The molecule has 0 amide bonds. The number of H-pyrrole nitrogens is 1. The van der Waals surface area contributed by atoms with Crippen molar-refractivity contribution in [1.29, 1.82) is 0 Å². The zero-order chi connectivity index (χ0) is 16.2. The van der Waals surface area contributed by atoms with Crippen LogP contribution in [0.4, 0.5) is 0 Å². The smallest absolute Gasteiger partial charge is 0.341 e. The van der Waals surface area contributed by atoms with Crippen LogP contribution in [0.3, 0.4) is 0 Å². The summed E-state index contributed by atoms with van der Waals surface area (Å²) < 4.78 is 11.0. The number of fused-ring (bicyclic) bond motifs is 1. The topological polar surface area (TPSA) is 84.4 Å². The summed E-state index contributed by atoms with van der Waals surface area (Å²) in [4.78, 5) is 18.6. The van der Waals surface area contributed by atoms with Crippen molar-refractivity contribution in [3.63, 3.8) is 0 Å². The van der Waals surface area contributed by atoms with E-state index in [9.17, 15) is 4.79 Å². The van der Waals surface area contributed by atoms with Crippen molar-refractivity contribution in [2.75, 3.05) is 13.2 Å². The molecule has 0 saturated heterocycles. The van der Waals surface area contributed by atoms with Crippen molar-refractivity contribution < 1.29 is 19.4 Å². The van der Waals surface area contributed by atoms with Crippen molar-refractivity contribution >= 4 is 17.0 Å². The molecule has 0 radical (unpaired) electrons. The number of carbonyl (C=O) groups is 1. The molecule has 2 aromatic carbocycles. The molecular weight excluding hydrogens is 296 g/mol. The number of hydrogen-bond donors (Lipinski definition) is 2. The molecule has 118 valence electrons. The molecule has 1 heterocycles. The summed E-state index contributed by atoms with van der Waals surface area (Å²) in [5, 5.41) is 8.88. The van der Waals surface area contributed by atoms with Crippen LogP contribution in [0.25, 0.3) is 22.4 Å². The zero-order valence-electron chi connectivity index (χ0n) is 12.6. The van der Waals surface area contributed by atoms with Gasteiger partial charge in [0.15, 0.2) is 18.1 Å². The van der Waals surface area contributed by atoms with E-state index in [4.69, 9.17) is 14.6 Å². The van der Waals surface area contributed by atoms with E-state index in [-0.39, 0.29) is 0 Å². The van der Waals surface area contributed by atoms with E-state index < -0.39 is 12.6 Å². The molecule has 0 unspecified atom stereocenters. The summed E-state index contributed by atoms with van der Waals surface area (Å²) in [6, 6.07) is 13.0. The van der Waals surface area contributed by atoms with Crippen LogP contribution in [-0.4, -0.2) is 34.3 Å². The van der Waals surface area contributed by atoms with Gasteiger partial charge in [-0.3, -0.25) is 0 Å². The van der Waals surface area contributed by atoms with Gasteiger partial charge in [-0.05, 0) is 31.2 Å². The Morgan fingerprint density at radius 1 is 1.17 bits per heavy atom. The van der Waals surface area contributed by atoms with Crippen molar-refractivity contribution in [1.82, 2.24) is 9.97 Å². The Kier molecular flexibility index (Phi) is 4.14. The van der Waals surface area contributed by atoms with E-state index in [1.807, 2.05) is 43.3 Å². The Hall–Kier alpha value is -3.02. The van der Waals surface area contributed by atoms with E-state index in [0.29, 0.717) is 29.5 Å². The number of imidazole rings is 1. The minimum absolute atomic E-state index is 0.371. The fourth-order valence-electron chi connectivity index (χ4n) is 2.33. The average Bonchev–Trinajstić information content (AvgIpc) is 2.97. The molecule has 0 fully saturated rings. The number of rotatable bonds is 6. The number of aromatic nitrogens is 2. The maximum Gasteiger partial charge on any atom is 0.341 e. The second-order valence-electron chi connectivity index (χ2n) is 4.85. The fraction of sp³-hybridized carbons (Fsp3) is 0.176. The predicted octanol–water partition coefficient (Wildman–Crippen LogP) is 3.09. The summed E-state index contributed by atoms with van der Waals surface area (Å²) in [6.07, 6.45) is 0. The second kappa shape index (κ2) is 6.39. The molecule has 0 bridgehead atoms. The number of carboxylic acid groups (broad SMARTS) is 1. The average molecular weight is 312 g/mol. The van der Waals surface area contributed by atoms with Gasteiger partial charge in [0.1, 0.15) is 5.82 Å². The highest BCUT2D eigenvalue weighted by Crippen LogP contribution is 2.37. The maximum atomic E-state index is 10.8. The molecule has 3 aromatic rings. The van der Waals surface area contributed by atoms with Crippen LogP contribution in [0.15, 0.2) is 42.5 Å². The summed E-state index contributed by atoms with van der Waals surface area (Å²) >= 11 is 0. The summed E-state index contributed by atoms with van der Waals surface area (Å²) in [5.74, 6) is 0.419. The summed E-state index contributed by atoms with van der Waals surface area (Å²) in [7, 11) is 0. The van der Waals surface area contributed by atoms with Gasteiger partial charge in [-0.25, -0.2) is 9.78 Å². The molecule has 0 aliphatic carbocycles. The van der Waals surface area contributed by atoms with Crippen LogP contribution in [0.1, 0.15) is 6.92 Å². The number of nitrogens with one attached hydrogen (secondary N) is 1. The van der Waals surface area contributed by atoms with Crippen molar-refractivity contribution in [3.05, 3.63) is 42.5 Å². The van der Waals surface area contributed by atoms with Crippen molar-refractivity contribution in [2.24, 2.45) is 0 Å². The molecule has 3 rings (SSSR count). The number of para-hydroxylation sites is 3. The molecule has 1 aromatic heterocycles. The Bertz CT molecular complexity index is 808. The van der Waals surface area contributed by atoms with Crippen LogP contribution in [-0.2, 0) is 4.79 Å². The van der Waals surface area contributed by atoms with Crippen LogP contribution in [0.2, 0.25) is 0 Å². The molecule has 0 aliphatic heterocycles. The van der Waals surface area contributed by atoms with E-state index >= 15 is 0 Å². The first-order chi connectivity index (χ1) is 11.2. The molecule has 0 aliphatic rings. The monoisotopic (exact) mass is 312 g/mol. The van der Waals surface area contributed by atoms with Gasteiger partial charge in [-0.2, -0.15) is 0 Å². The van der Waals surface area contributed by atoms with Crippen LogP contribution < -0.4 is 9.47 Å². The molecule has 0 saturated carbocycles. The zero-order valence-corrected chi connectivity index (χ0v) is 12.6. The Morgan fingerprint density at radius 2 is 2.00 bits per heavy atom. The standard InChI is InChI=1S/C17H16N2O4/c1-2-22-14-9-5-6-11(16(14)23-10-15(20)21)17-18-12-7-3-4-8-13(12)19-17/h3-9H,2,10H2,1H3,(H,18,19)(H,20,21). The predicted molar refractivity (Wildman–Crippen MR) is 85.8 cm³/mol. The van der Waals surface area contributed by atoms with Gasteiger partial charge in [0.05, 0.1) is 23.2 Å². The Labute approximate surface area is 132 Å². The number of benzene rings is 2. The maximum absolute atomic E-state index is 10.8. The third-order valence-corrected chi connectivity index (χ3v) is 3.26. The van der Waals surface area contributed by atoms with Gasteiger partial charge in [0.25, 0.3) is 0 Å². The fourth-order valence-corrected chi connectivity index (χ4v) is 2.33. The summed E-state index contributed by atoms with van der Waals surface area (Å²) in [5.41, 5.74) is 2.38. The minimum Gasteiger partial charge on any atom is -0.490 e. The largest absolute Gasteiger partial charge is 0.490 e. The lowest BCUT2D eigenvalue weighted by Crippen LogP contribution is -2.11. The summed E-state index contributed by atoms with van der Waals surface area (Å²) in [6.45, 7) is 1.86. The SMILES string of the molecule is CCOc1cccc(-c2nc3ccccc3[nH]2)c1OCC(=O)O. The third kappa shape index (κ3) is 3.11. The highest BCUT2D eigenvalue weighted by molar-refractivity contribution is 5.81. The molecule has 6 heteroatoms. The molecule has 23 heavy (non-hydrogen) atoms. The number of aromatic amines is 1. The molecular formula is C17H16N2O4. The molecule has 0 atom stereocenters. The number of carboxylic acids is 1. The van der Waals surface area contributed by atoms with E-state index in [1.54, 1.807) is 6.07 Å². The first-order valence-electron chi connectivity index (χ1n) is 7.24. The first-order valence-corrected chi connectivity index (χ1v) is 7.24. The van der Waals surface area contributed by atoms with E-state index in [0.717, 1.165) is 11.0 Å². The van der Waals surface area contributed by atoms with Gasteiger partial charge >= 0.3 is 5.97 Å². The molecule has 0 spiro atoms. The lowest BCUT2D eigenvalue weighted by atomic mass is 10.1. The minimum atomic E-state index is -1.05. The highest BCUT2D eigenvalue weighted by Gasteiger charge is 2.17. The lowest BCUT2D eigenvalue weighted by Gasteiger charge is -2.13. The van der Waals surface area contributed by atoms with Gasteiger partial charge in [0, 0.05) is 0 Å².